The minimum atomic E-state index is -4.19. The van der Waals surface area contributed by atoms with E-state index in [1.807, 2.05) is 38.1 Å². The summed E-state index contributed by atoms with van der Waals surface area (Å²) in [4.78, 5) is 27.6. The number of hydrogen-bond acceptors (Lipinski definition) is 4. The molecule has 0 aliphatic carbocycles. The van der Waals surface area contributed by atoms with E-state index in [4.69, 9.17) is 23.2 Å². The maximum atomic E-state index is 13.8. The zero-order valence-electron chi connectivity index (χ0n) is 21.0. The van der Waals surface area contributed by atoms with Gasteiger partial charge in [-0.1, -0.05) is 70.7 Å². The van der Waals surface area contributed by atoms with Gasteiger partial charge in [0, 0.05) is 23.6 Å². The average molecular weight is 563 g/mol. The Morgan fingerprint density at radius 1 is 0.892 bits per heavy atom. The number of amides is 2. The second kappa shape index (κ2) is 12.0. The number of benzene rings is 3. The summed E-state index contributed by atoms with van der Waals surface area (Å²) >= 11 is 12.4. The summed E-state index contributed by atoms with van der Waals surface area (Å²) in [7, 11) is -2.71. The van der Waals surface area contributed by atoms with Crippen LogP contribution in [0.15, 0.2) is 71.6 Å². The Labute approximate surface area is 228 Å². The highest BCUT2D eigenvalue weighted by Crippen LogP contribution is 2.30. The first-order valence-corrected chi connectivity index (χ1v) is 13.7. The molecule has 196 valence electrons. The summed E-state index contributed by atoms with van der Waals surface area (Å²) in [6.45, 7) is 4.93. The molecule has 0 heterocycles. The van der Waals surface area contributed by atoms with Gasteiger partial charge in [-0.3, -0.25) is 13.9 Å². The van der Waals surface area contributed by atoms with E-state index in [0.717, 1.165) is 21.0 Å². The fraction of sp³-hybridized carbons (Fsp3) is 0.259. The highest BCUT2D eigenvalue weighted by molar-refractivity contribution is 7.92. The largest absolute Gasteiger partial charge is 0.357 e. The molecule has 7 nitrogen and oxygen atoms in total. The van der Waals surface area contributed by atoms with E-state index >= 15 is 0 Å². The van der Waals surface area contributed by atoms with Crippen LogP contribution in [0.5, 0.6) is 0 Å². The van der Waals surface area contributed by atoms with Gasteiger partial charge < -0.3 is 10.2 Å². The van der Waals surface area contributed by atoms with Crippen molar-refractivity contribution in [3.63, 3.8) is 0 Å². The molecule has 0 fully saturated rings. The standard InChI is InChI=1S/C27H29Cl2N3O4S/c1-18-5-9-21(10-6-18)16-31(20(3)27(34)30-4)26(33)17-32(24-14-22(28)13-23(29)15-24)37(35,36)25-11-7-19(2)8-12-25/h5-15,20H,16-17H2,1-4H3,(H,30,34). The van der Waals surface area contributed by atoms with Gasteiger partial charge in [0.15, 0.2) is 0 Å². The van der Waals surface area contributed by atoms with E-state index in [0.29, 0.717) is 0 Å². The molecule has 0 saturated heterocycles. The van der Waals surface area contributed by atoms with Gasteiger partial charge in [0.25, 0.3) is 10.0 Å². The van der Waals surface area contributed by atoms with Crippen LogP contribution in [0.1, 0.15) is 23.6 Å². The zero-order valence-corrected chi connectivity index (χ0v) is 23.4. The summed E-state index contributed by atoms with van der Waals surface area (Å²) in [6.07, 6.45) is 0. The Hall–Kier alpha value is -3.07. The predicted molar refractivity (Wildman–Crippen MR) is 147 cm³/mol. The van der Waals surface area contributed by atoms with Crippen LogP contribution in [0.4, 0.5) is 5.69 Å². The third-order valence-corrected chi connectivity index (χ3v) is 8.13. The van der Waals surface area contributed by atoms with Crippen LogP contribution in [0.2, 0.25) is 10.0 Å². The highest BCUT2D eigenvalue weighted by Gasteiger charge is 2.32. The molecule has 1 unspecified atom stereocenters. The zero-order chi connectivity index (χ0) is 27.3. The van der Waals surface area contributed by atoms with Crippen molar-refractivity contribution in [2.75, 3.05) is 17.9 Å². The van der Waals surface area contributed by atoms with Crippen molar-refractivity contribution in [2.45, 2.75) is 38.3 Å². The second-order valence-electron chi connectivity index (χ2n) is 8.75. The summed E-state index contributed by atoms with van der Waals surface area (Å²) in [5, 5.41) is 2.99. The van der Waals surface area contributed by atoms with E-state index in [1.54, 1.807) is 19.1 Å². The first kappa shape index (κ1) is 28.5. The number of aryl methyl sites for hydroxylation is 2. The van der Waals surface area contributed by atoms with Crippen LogP contribution in [-0.2, 0) is 26.2 Å². The molecule has 10 heteroatoms. The number of likely N-dealkylation sites (N-methyl/N-ethyl adjacent to an activating group) is 1. The molecule has 0 spiro atoms. The molecule has 1 atom stereocenters. The first-order chi connectivity index (χ1) is 17.4. The number of rotatable bonds is 9. The molecule has 0 aliphatic heterocycles. The first-order valence-electron chi connectivity index (χ1n) is 11.5. The Kier molecular flexibility index (Phi) is 9.23. The number of nitrogens with one attached hydrogen (secondary N) is 1. The van der Waals surface area contributed by atoms with E-state index in [9.17, 15) is 18.0 Å². The Balaban J connectivity index is 2.06. The molecule has 0 aliphatic rings. The van der Waals surface area contributed by atoms with Gasteiger partial charge in [0.2, 0.25) is 11.8 Å². The topological polar surface area (TPSA) is 86.8 Å². The summed E-state index contributed by atoms with van der Waals surface area (Å²) in [5.74, 6) is -0.942. The maximum absolute atomic E-state index is 13.8. The molecule has 37 heavy (non-hydrogen) atoms. The fourth-order valence-electron chi connectivity index (χ4n) is 3.73. The number of carbonyl (C=O) groups excluding carboxylic acids is 2. The van der Waals surface area contributed by atoms with Crippen LogP contribution >= 0.6 is 23.2 Å². The Morgan fingerprint density at radius 2 is 1.41 bits per heavy atom. The summed E-state index contributed by atoms with van der Waals surface area (Å²) in [5.41, 5.74) is 2.87. The van der Waals surface area contributed by atoms with Gasteiger partial charge >= 0.3 is 0 Å². The smallest absolute Gasteiger partial charge is 0.264 e. The quantitative estimate of drug-likeness (QED) is 0.399. The van der Waals surface area contributed by atoms with E-state index in [-0.39, 0.29) is 33.1 Å². The fourth-order valence-corrected chi connectivity index (χ4v) is 5.64. The lowest BCUT2D eigenvalue weighted by Crippen LogP contribution is -2.50. The number of hydrogen-bond donors (Lipinski definition) is 1. The lowest BCUT2D eigenvalue weighted by atomic mass is 10.1. The third kappa shape index (κ3) is 7.03. The van der Waals surface area contributed by atoms with Crippen LogP contribution < -0.4 is 9.62 Å². The lowest BCUT2D eigenvalue weighted by molar-refractivity contribution is -0.139. The molecule has 3 aromatic rings. The van der Waals surface area contributed by atoms with Crippen molar-refractivity contribution < 1.29 is 18.0 Å². The van der Waals surface area contributed by atoms with Crippen molar-refractivity contribution in [1.29, 1.82) is 0 Å². The Morgan fingerprint density at radius 3 is 1.92 bits per heavy atom. The molecule has 3 rings (SSSR count). The van der Waals surface area contributed by atoms with Crippen LogP contribution in [0.25, 0.3) is 0 Å². The summed E-state index contributed by atoms with van der Waals surface area (Å²) in [6, 6.07) is 17.3. The number of sulfonamides is 1. The Bertz CT molecular complexity index is 1360. The third-order valence-electron chi connectivity index (χ3n) is 5.91. The minimum Gasteiger partial charge on any atom is -0.357 e. The van der Waals surface area contributed by atoms with Crippen LogP contribution in [0.3, 0.4) is 0 Å². The molecule has 3 aromatic carbocycles. The van der Waals surface area contributed by atoms with Gasteiger partial charge in [-0.15, -0.1) is 0 Å². The van der Waals surface area contributed by atoms with Crippen LogP contribution in [0, 0.1) is 13.8 Å². The van der Waals surface area contributed by atoms with E-state index in [2.05, 4.69) is 5.32 Å². The number of anilines is 1. The van der Waals surface area contributed by atoms with Crippen molar-refractivity contribution >= 4 is 50.7 Å². The van der Waals surface area contributed by atoms with Gasteiger partial charge in [-0.05, 0) is 56.7 Å². The summed E-state index contributed by atoms with van der Waals surface area (Å²) < 4.78 is 28.5. The minimum absolute atomic E-state index is 0.00596. The van der Waals surface area contributed by atoms with E-state index in [1.165, 1.54) is 42.3 Å². The molecular formula is C27H29Cl2N3O4S. The molecule has 0 radical (unpaired) electrons. The number of halogens is 2. The molecular weight excluding hydrogens is 533 g/mol. The molecule has 1 N–H and O–H groups in total. The van der Waals surface area contributed by atoms with Crippen molar-refractivity contribution in [3.8, 4) is 0 Å². The molecule has 0 bridgehead atoms. The second-order valence-corrected chi connectivity index (χ2v) is 11.5. The molecule has 2 amide bonds. The number of carbonyl (C=O) groups is 2. The van der Waals surface area contributed by atoms with E-state index < -0.39 is 28.5 Å². The average Bonchev–Trinajstić information content (AvgIpc) is 2.85. The monoisotopic (exact) mass is 561 g/mol. The molecule has 0 saturated carbocycles. The highest BCUT2D eigenvalue weighted by atomic mass is 35.5. The maximum Gasteiger partial charge on any atom is 0.264 e. The van der Waals surface area contributed by atoms with Crippen LogP contribution in [-0.4, -0.2) is 44.8 Å². The molecule has 0 aromatic heterocycles. The number of nitrogens with zero attached hydrogens (tertiary/aromatic N) is 2. The van der Waals surface area contributed by atoms with Gasteiger partial charge in [-0.2, -0.15) is 0 Å². The predicted octanol–water partition coefficient (Wildman–Crippen LogP) is 4.97. The van der Waals surface area contributed by atoms with Gasteiger partial charge in [0.05, 0.1) is 10.6 Å². The SMILES string of the molecule is CNC(=O)C(C)N(Cc1ccc(C)cc1)C(=O)CN(c1cc(Cl)cc(Cl)c1)S(=O)(=O)c1ccc(C)cc1. The van der Waals surface area contributed by atoms with Crippen molar-refractivity contribution in [3.05, 3.63) is 93.5 Å². The van der Waals surface area contributed by atoms with Gasteiger partial charge in [0.1, 0.15) is 12.6 Å². The van der Waals surface area contributed by atoms with Gasteiger partial charge in [-0.25, -0.2) is 8.42 Å². The van der Waals surface area contributed by atoms with Crippen molar-refractivity contribution in [1.82, 2.24) is 10.2 Å². The normalized spacial score (nSPS) is 12.1. The van der Waals surface area contributed by atoms with Crippen molar-refractivity contribution in [2.24, 2.45) is 0 Å². The lowest BCUT2D eigenvalue weighted by Gasteiger charge is -2.32.